The monoisotopic (exact) mass is 235 g/mol. The second-order valence-electron chi connectivity index (χ2n) is 2.80. The van der Waals surface area contributed by atoms with E-state index in [2.05, 4.69) is 0 Å². The van der Waals surface area contributed by atoms with Crippen LogP contribution in [-0.2, 0) is 22.0 Å². The van der Waals surface area contributed by atoms with E-state index in [-0.39, 0.29) is 6.10 Å². The summed E-state index contributed by atoms with van der Waals surface area (Å²) in [4.78, 5) is 1.13. The standard InChI is InChI=1S/C8H13NO3S2/c9-4-3-7(12-14(10)11)6-8-2-1-5-13-8/h1-2,5,7H,3-4,6,9H2,(H,10,11). The van der Waals surface area contributed by atoms with Gasteiger partial charge in [0.15, 0.2) is 0 Å². The van der Waals surface area contributed by atoms with Crippen LogP contribution in [0.5, 0.6) is 0 Å². The number of hydrogen-bond donors (Lipinski definition) is 2. The quantitative estimate of drug-likeness (QED) is 0.726. The molecule has 0 radical (unpaired) electrons. The molecule has 0 fully saturated rings. The van der Waals surface area contributed by atoms with Crippen molar-refractivity contribution in [3.8, 4) is 0 Å². The fourth-order valence-corrected chi connectivity index (χ4v) is 2.31. The molecule has 0 saturated carbocycles. The minimum atomic E-state index is -2.21. The van der Waals surface area contributed by atoms with Gasteiger partial charge in [-0.3, -0.25) is 8.74 Å². The lowest BCUT2D eigenvalue weighted by molar-refractivity contribution is 0.197. The van der Waals surface area contributed by atoms with Crippen molar-refractivity contribution in [2.75, 3.05) is 6.54 Å². The third-order valence-corrected chi connectivity index (χ3v) is 3.05. The Morgan fingerprint density at radius 2 is 2.50 bits per heavy atom. The van der Waals surface area contributed by atoms with Gasteiger partial charge in [0.2, 0.25) is 0 Å². The Labute approximate surface area is 89.6 Å². The molecule has 0 spiro atoms. The molecule has 0 aromatic carbocycles. The fourth-order valence-electron chi connectivity index (χ4n) is 1.14. The van der Waals surface area contributed by atoms with Crippen molar-refractivity contribution >= 4 is 22.7 Å². The van der Waals surface area contributed by atoms with Gasteiger partial charge in [0.25, 0.3) is 0 Å². The van der Waals surface area contributed by atoms with Crippen LogP contribution >= 0.6 is 11.3 Å². The van der Waals surface area contributed by atoms with E-state index in [0.29, 0.717) is 19.4 Å². The molecule has 80 valence electrons. The van der Waals surface area contributed by atoms with E-state index in [1.165, 1.54) is 0 Å². The SMILES string of the molecule is NCCC(Cc1cccs1)OS(=O)O. The Balaban J connectivity index is 2.46. The summed E-state index contributed by atoms with van der Waals surface area (Å²) in [6, 6.07) is 3.91. The molecule has 4 nitrogen and oxygen atoms in total. The third-order valence-electron chi connectivity index (χ3n) is 1.72. The predicted octanol–water partition coefficient (Wildman–Crippen LogP) is 1.16. The molecule has 2 unspecified atom stereocenters. The second kappa shape index (κ2) is 6.26. The van der Waals surface area contributed by atoms with Crippen LogP contribution in [0, 0.1) is 0 Å². The molecule has 0 aliphatic heterocycles. The first kappa shape index (κ1) is 11.8. The molecule has 14 heavy (non-hydrogen) atoms. The zero-order valence-corrected chi connectivity index (χ0v) is 9.22. The van der Waals surface area contributed by atoms with Gasteiger partial charge in [-0.2, -0.15) is 4.21 Å². The van der Waals surface area contributed by atoms with E-state index in [0.717, 1.165) is 4.88 Å². The van der Waals surface area contributed by atoms with Crippen molar-refractivity contribution in [3.63, 3.8) is 0 Å². The van der Waals surface area contributed by atoms with Gasteiger partial charge < -0.3 is 5.73 Å². The maximum absolute atomic E-state index is 10.5. The Morgan fingerprint density at radius 3 is 3.00 bits per heavy atom. The molecule has 0 aliphatic carbocycles. The van der Waals surface area contributed by atoms with Gasteiger partial charge in [-0.25, -0.2) is 0 Å². The molecular formula is C8H13NO3S2. The molecule has 0 amide bonds. The molecule has 1 aromatic heterocycles. The van der Waals surface area contributed by atoms with Crippen LogP contribution in [0.2, 0.25) is 0 Å². The lowest BCUT2D eigenvalue weighted by atomic mass is 10.1. The average molecular weight is 235 g/mol. The molecule has 0 bridgehead atoms. The summed E-state index contributed by atoms with van der Waals surface area (Å²) < 4.78 is 23.9. The third kappa shape index (κ3) is 4.30. The topological polar surface area (TPSA) is 72.5 Å². The number of nitrogens with two attached hydrogens (primary N) is 1. The number of hydrogen-bond acceptors (Lipinski definition) is 4. The van der Waals surface area contributed by atoms with Gasteiger partial charge in [-0.15, -0.1) is 11.3 Å². The minimum absolute atomic E-state index is 0.274. The molecule has 0 saturated heterocycles. The van der Waals surface area contributed by atoms with Gasteiger partial charge in [0.05, 0.1) is 6.10 Å². The van der Waals surface area contributed by atoms with Crippen molar-refractivity contribution in [1.29, 1.82) is 0 Å². The van der Waals surface area contributed by atoms with E-state index in [1.54, 1.807) is 11.3 Å². The van der Waals surface area contributed by atoms with Crippen molar-refractivity contribution < 1.29 is 12.9 Å². The molecule has 0 aliphatic rings. The highest BCUT2D eigenvalue weighted by Gasteiger charge is 2.12. The van der Waals surface area contributed by atoms with Crippen LogP contribution in [-0.4, -0.2) is 21.4 Å². The highest BCUT2D eigenvalue weighted by molar-refractivity contribution is 7.74. The van der Waals surface area contributed by atoms with Gasteiger partial charge in [0, 0.05) is 11.3 Å². The Bertz CT molecular complexity index is 276. The molecule has 6 heteroatoms. The maximum Gasteiger partial charge on any atom is 0.302 e. The van der Waals surface area contributed by atoms with Crippen LogP contribution in [0.4, 0.5) is 0 Å². The van der Waals surface area contributed by atoms with Crippen LogP contribution in [0.15, 0.2) is 17.5 Å². The van der Waals surface area contributed by atoms with Crippen molar-refractivity contribution in [2.45, 2.75) is 18.9 Å². The van der Waals surface area contributed by atoms with E-state index in [1.807, 2.05) is 17.5 Å². The first-order chi connectivity index (χ1) is 6.72. The van der Waals surface area contributed by atoms with Crippen molar-refractivity contribution in [3.05, 3.63) is 22.4 Å². The number of rotatable bonds is 6. The fraction of sp³-hybridized carbons (Fsp3) is 0.500. The smallest absolute Gasteiger partial charge is 0.302 e. The average Bonchev–Trinajstić information content (AvgIpc) is 2.56. The first-order valence-corrected chi connectivity index (χ1v) is 6.14. The zero-order chi connectivity index (χ0) is 10.4. The summed E-state index contributed by atoms with van der Waals surface area (Å²) in [6.07, 6.45) is 0.954. The van der Waals surface area contributed by atoms with Crippen molar-refractivity contribution in [2.24, 2.45) is 5.73 Å². The molecule has 2 atom stereocenters. The van der Waals surface area contributed by atoms with E-state index in [4.69, 9.17) is 14.5 Å². The highest BCUT2D eigenvalue weighted by Crippen LogP contribution is 2.14. The summed E-state index contributed by atoms with van der Waals surface area (Å²) in [5.74, 6) is 0. The van der Waals surface area contributed by atoms with Gasteiger partial charge in [-0.05, 0) is 24.4 Å². The largest absolute Gasteiger partial charge is 0.330 e. The minimum Gasteiger partial charge on any atom is -0.330 e. The Morgan fingerprint density at radius 1 is 1.71 bits per heavy atom. The summed E-state index contributed by atoms with van der Waals surface area (Å²) >= 11 is -0.607. The first-order valence-electron chi connectivity index (χ1n) is 4.23. The summed E-state index contributed by atoms with van der Waals surface area (Å²) in [5, 5.41) is 1.96. The molecule has 1 rings (SSSR count). The summed E-state index contributed by atoms with van der Waals surface area (Å²) in [7, 11) is 0. The Hall–Kier alpha value is -0.270. The second-order valence-corrected chi connectivity index (χ2v) is 4.46. The maximum atomic E-state index is 10.5. The highest BCUT2D eigenvalue weighted by atomic mass is 32.2. The lowest BCUT2D eigenvalue weighted by Gasteiger charge is -2.12. The van der Waals surface area contributed by atoms with Crippen molar-refractivity contribution in [1.82, 2.24) is 0 Å². The lowest BCUT2D eigenvalue weighted by Crippen LogP contribution is -2.20. The molecular weight excluding hydrogens is 222 g/mol. The predicted molar refractivity (Wildman–Crippen MR) is 57.3 cm³/mol. The zero-order valence-electron chi connectivity index (χ0n) is 7.59. The van der Waals surface area contributed by atoms with Crippen LogP contribution in [0.3, 0.4) is 0 Å². The molecule has 1 aromatic rings. The molecule has 1 heterocycles. The number of thiophene rings is 1. The van der Waals surface area contributed by atoms with Crippen LogP contribution < -0.4 is 5.73 Å². The summed E-state index contributed by atoms with van der Waals surface area (Å²) in [5.41, 5.74) is 5.38. The van der Waals surface area contributed by atoms with Gasteiger partial charge >= 0.3 is 11.4 Å². The Kier molecular flexibility index (Phi) is 5.28. The van der Waals surface area contributed by atoms with E-state index < -0.39 is 11.4 Å². The normalized spacial score (nSPS) is 15.3. The van der Waals surface area contributed by atoms with Crippen LogP contribution in [0.1, 0.15) is 11.3 Å². The van der Waals surface area contributed by atoms with Gasteiger partial charge in [0.1, 0.15) is 0 Å². The van der Waals surface area contributed by atoms with Crippen LogP contribution in [0.25, 0.3) is 0 Å². The van der Waals surface area contributed by atoms with E-state index >= 15 is 0 Å². The summed E-state index contributed by atoms with van der Waals surface area (Å²) in [6.45, 7) is 0.452. The van der Waals surface area contributed by atoms with E-state index in [9.17, 15) is 4.21 Å². The molecule has 3 N–H and O–H groups in total. The van der Waals surface area contributed by atoms with Gasteiger partial charge in [-0.1, -0.05) is 6.07 Å².